The van der Waals surface area contributed by atoms with Crippen LogP contribution >= 0.6 is 0 Å². The predicted octanol–water partition coefficient (Wildman–Crippen LogP) is 3.70. The van der Waals surface area contributed by atoms with Crippen LogP contribution in [0.15, 0.2) is 30.3 Å². The molecule has 4 nitrogen and oxygen atoms in total. The van der Waals surface area contributed by atoms with Crippen molar-refractivity contribution in [2.45, 2.75) is 32.1 Å². The van der Waals surface area contributed by atoms with E-state index < -0.39 is 5.97 Å². The summed E-state index contributed by atoms with van der Waals surface area (Å²) < 4.78 is 0. The molecule has 0 aliphatic carbocycles. The number of para-hydroxylation sites is 1. The summed E-state index contributed by atoms with van der Waals surface area (Å²) in [7, 11) is 0. The largest absolute Gasteiger partial charge is 0.478 e. The Balaban J connectivity index is 2.05. The van der Waals surface area contributed by atoms with E-state index >= 15 is 0 Å². The first-order valence-electron chi connectivity index (χ1n) is 7.64. The van der Waals surface area contributed by atoms with E-state index in [9.17, 15) is 9.90 Å². The first-order chi connectivity index (χ1) is 10.3. The number of aromatic carboxylic acids is 1. The SMILES string of the molecule is O=C(O)c1cc2ccccc2nc1N1CCCCCCC1. The van der Waals surface area contributed by atoms with Gasteiger partial charge in [-0.2, -0.15) is 0 Å². The van der Waals surface area contributed by atoms with Gasteiger partial charge in [0.25, 0.3) is 0 Å². The number of anilines is 1. The van der Waals surface area contributed by atoms with Crippen molar-refractivity contribution < 1.29 is 9.90 Å². The van der Waals surface area contributed by atoms with Crippen LogP contribution in [0.3, 0.4) is 0 Å². The molecule has 0 amide bonds. The Kier molecular flexibility index (Phi) is 4.04. The molecule has 0 radical (unpaired) electrons. The predicted molar refractivity (Wildman–Crippen MR) is 84.0 cm³/mol. The number of carbonyl (C=O) groups is 1. The Morgan fingerprint density at radius 1 is 1.05 bits per heavy atom. The van der Waals surface area contributed by atoms with Crippen molar-refractivity contribution in [1.82, 2.24) is 4.98 Å². The molecule has 1 saturated heterocycles. The summed E-state index contributed by atoms with van der Waals surface area (Å²) >= 11 is 0. The number of carboxylic acids is 1. The van der Waals surface area contributed by atoms with E-state index in [-0.39, 0.29) is 0 Å². The molecular formula is C17H20N2O2. The second-order valence-corrected chi connectivity index (χ2v) is 5.61. The van der Waals surface area contributed by atoms with Crippen LogP contribution in [0.2, 0.25) is 0 Å². The number of aromatic nitrogens is 1. The maximum Gasteiger partial charge on any atom is 0.339 e. The Hall–Kier alpha value is -2.10. The second kappa shape index (κ2) is 6.12. The van der Waals surface area contributed by atoms with Crippen LogP contribution in [0.4, 0.5) is 5.82 Å². The number of hydrogen-bond acceptors (Lipinski definition) is 3. The molecule has 21 heavy (non-hydrogen) atoms. The van der Waals surface area contributed by atoms with Crippen LogP contribution < -0.4 is 4.90 Å². The zero-order valence-electron chi connectivity index (χ0n) is 12.1. The summed E-state index contributed by atoms with van der Waals surface area (Å²) in [4.78, 5) is 18.4. The molecule has 4 heteroatoms. The van der Waals surface area contributed by atoms with Gasteiger partial charge in [0.05, 0.1) is 5.52 Å². The molecule has 1 aliphatic rings. The highest BCUT2D eigenvalue weighted by molar-refractivity contribution is 5.98. The molecule has 2 heterocycles. The first kappa shape index (κ1) is 13.9. The molecule has 1 aromatic carbocycles. The minimum atomic E-state index is -0.898. The van der Waals surface area contributed by atoms with E-state index in [0.717, 1.165) is 36.8 Å². The Labute approximate surface area is 124 Å². The van der Waals surface area contributed by atoms with Crippen molar-refractivity contribution >= 4 is 22.7 Å². The number of rotatable bonds is 2. The topological polar surface area (TPSA) is 53.4 Å². The molecule has 1 N–H and O–H groups in total. The van der Waals surface area contributed by atoms with E-state index in [1.54, 1.807) is 6.07 Å². The van der Waals surface area contributed by atoms with Gasteiger partial charge in [0.2, 0.25) is 0 Å². The van der Waals surface area contributed by atoms with Gasteiger partial charge >= 0.3 is 5.97 Å². The number of carboxylic acid groups (broad SMARTS) is 1. The van der Waals surface area contributed by atoms with E-state index in [4.69, 9.17) is 0 Å². The summed E-state index contributed by atoms with van der Waals surface area (Å²) in [5.41, 5.74) is 1.17. The smallest absolute Gasteiger partial charge is 0.339 e. The van der Waals surface area contributed by atoms with E-state index in [1.165, 1.54) is 19.3 Å². The highest BCUT2D eigenvalue weighted by Crippen LogP contribution is 2.25. The lowest BCUT2D eigenvalue weighted by Crippen LogP contribution is -2.29. The van der Waals surface area contributed by atoms with Gasteiger partial charge in [0, 0.05) is 18.5 Å². The fraction of sp³-hybridized carbons (Fsp3) is 0.412. The third kappa shape index (κ3) is 2.99. The highest BCUT2D eigenvalue weighted by atomic mass is 16.4. The molecule has 0 spiro atoms. The van der Waals surface area contributed by atoms with E-state index in [0.29, 0.717) is 11.4 Å². The number of benzene rings is 1. The zero-order chi connectivity index (χ0) is 14.7. The molecule has 1 aromatic heterocycles. The lowest BCUT2D eigenvalue weighted by atomic mass is 10.1. The van der Waals surface area contributed by atoms with Crippen LogP contribution in [-0.4, -0.2) is 29.1 Å². The molecule has 0 saturated carbocycles. The van der Waals surface area contributed by atoms with Gasteiger partial charge in [-0.1, -0.05) is 37.5 Å². The third-order valence-corrected chi connectivity index (χ3v) is 4.09. The van der Waals surface area contributed by atoms with Gasteiger partial charge in [0.1, 0.15) is 11.4 Å². The van der Waals surface area contributed by atoms with Gasteiger partial charge in [-0.05, 0) is 25.0 Å². The fourth-order valence-corrected chi connectivity index (χ4v) is 2.96. The minimum Gasteiger partial charge on any atom is -0.478 e. The number of fused-ring (bicyclic) bond motifs is 1. The average molecular weight is 284 g/mol. The first-order valence-corrected chi connectivity index (χ1v) is 7.64. The van der Waals surface area contributed by atoms with E-state index in [2.05, 4.69) is 9.88 Å². The molecule has 0 bridgehead atoms. The van der Waals surface area contributed by atoms with E-state index in [1.807, 2.05) is 24.3 Å². The Bertz CT molecular complexity index is 646. The average Bonchev–Trinajstić information content (AvgIpc) is 2.45. The molecule has 1 aliphatic heterocycles. The van der Waals surface area contributed by atoms with Crippen LogP contribution in [0.25, 0.3) is 10.9 Å². The minimum absolute atomic E-state index is 0.314. The van der Waals surface area contributed by atoms with Gasteiger partial charge in [-0.15, -0.1) is 0 Å². The second-order valence-electron chi connectivity index (χ2n) is 5.61. The van der Waals surface area contributed by atoms with Crippen molar-refractivity contribution in [3.8, 4) is 0 Å². The van der Waals surface area contributed by atoms with Crippen LogP contribution in [0.5, 0.6) is 0 Å². The highest BCUT2D eigenvalue weighted by Gasteiger charge is 2.19. The van der Waals surface area contributed by atoms with Gasteiger partial charge in [-0.25, -0.2) is 9.78 Å². The third-order valence-electron chi connectivity index (χ3n) is 4.09. The van der Waals surface area contributed by atoms with Crippen molar-refractivity contribution in [1.29, 1.82) is 0 Å². The summed E-state index contributed by atoms with van der Waals surface area (Å²) in [6.45, 7) is 1.79. The maximum atomic E-state index is 11.6. The van der Waals surface area contributed by atoms with Crippen molar-refractivity contribution in [3.63, 3.8) is 0 Å². The molecule has 1 fully saturated rings. The van der Waals surface area contributed by atoms with Gasteiger partial charge < -0.3 is 10.0 Å². The number of hydrogen-bond donors (Lipinski definition) is 1. The van der Waals surface area contributed by atoms with Crippen molar-refractivity contribution in [3.05, 3.63) is 35.9 Å². The summed E-state index contributed by atoms with van der Waals surface area (Å²) in [6, 6.07) is 9.44. The molecular weight excluding hydrogens is 264 g/mol. The molecule has 3 rings (SSSR count). The van der Waals surface area contributed by atoms with Gasteiger partial charge in [-0.3, -0.25) is 0 Å². The standard InChI is InChI=1S/C17H20N2O2/c20-17(21)14-12-13-8-4-5-9-15(13)18-16(14)19-10-6-2-1-3-7-11-19/h4-5,8-9,12H,1-3,6-7,10-11H2,(H,20,21). The van der Waals surface area contributed by atoms with Crippen LogP contribution in [-0.2, 0) is 0 Å². The fourth-order valence-electron chi connectivity index (χ4n) is 2.96. The Morgan fingerprint density at radius 2 is 1.71 bits per heavy atom. The quantitative estimate of drug-likeness (QED) is 0.913. The number of pyridine rings is 1. The van der Waals surface area contributed by atoms with Crippen molar-refractivity contribution in [2.24, 2.45) is 0 Å². The lowest BCUT2D eigenvalue weighted by Gasteiger charge is -2.27. The molecule has 0 unspecified atom stereocenters. The molecule has 110 valence electrons. The lowest BCUT2D eigenvalue weighted by molar-refractivity contribution is 0.0697. The van der Waals surface area contributed by atoms with Crippen molar-refractivity contribution in [2.75, 3.05) is 18.0 Å². The maximum absolute atomic E-state index is 11.6. The normalized spacial score (nSPS) is 16.5. The van der Waals surface area contributed by atoms with Crippen LogP contribution in [0.1, 0.15) is 42.5 Å². The Morgan fingerprint density at radius 3 is 2.43 bits per heavy atom. The number of nitrogens with zero attached hydrogens (tertiary/aromatic N) is 2. The summed E-state index contributed by atoms with van der Waals surface area (Å²) in [5, 5.41) is 10.4. The molecule has 0 atom stereocenters. The summed E-state index contributed by atoms with van der Waals surface area (Å²) in [5.74, 6) is -0.270. The monoisotopic (exact) mass is 284 g/mol. The summed E-state index contributed by atoms with van der Waals surface area (Å²) in [6.07, 6.45) is 5.92. The van der Waals surface area contributed by atoms with Gasteiger partial charge in [0.15, 0.2) is 0 Å². The molecule has 2 aromatic rings. The zero-order valence-corrected chi connectivity index (χ0v) is 12.1. The van der Waals surface area contributed by atoms with Crippen LogP contribution in [0, 0.1) is 0 Å².